The van der Waals surface area contributed by atoms with Crippen molar-refractivity contribution in [2.45, 2.75) is 59.8 Å². The van der Waals surface area contributed by atoms with Gasteiger partial charge in [0.25, 0.3) is 5.56 Å². The normalized spacial score (nSPS) is 11.3. The lowest BCUT2D eigenvalue weighted by Gasteiger charge is -2.09. The molecule has 0 aliphatic rings. The zero-order valence-electron chi connectivity index (χ0n) is 20.2. The van der Waals surface area contributed by atoms with E-state index in [1.165, 1.54) is 16.9 Å². The Morgan fingerprint density at radius 1 is 1.15 bits per heavy atom. The maximum atomic E-state index is 13.6. The molecular weight excluding hydrogens is 446 g/mol. The van der Waals surface area contributed by atoms with Crippen molar-refractivity contribution >= 4 is 22.2 Å². The third kappa shape index (κ3) is 4.68. The Morgan fingerprint density at radius 3 is 2.71 bits per heavy atom. The van der Waals surface area contributed by atoms with Crippen molar-refractivity contribution in [1.29, 1.82) is 0 Å². The molecule has 0 saturated carbocycles. The van der Waals surface area contributed by atoms with Gasteiger partial charge in [0.15, 0.2) is 4.96 Å². The molecule has 7 nitrogen and oxygen atoms in total. The van der Waals surface area contributed by atoms with Crippen LogP contribution in [-0.2, 0) is 17.6 Å². The first kappa shape index (κ1) is 23.9. The van der Waals surface area contributed by atoms with Gasteiger partial charge in [-0.15, -0.1) is 11.3 Å². The van der Waals surface area contributed by atoms with Gasteiger partial charge in [-0.25, -0.2) is 9.67 Å². The lowest BCUT2D eigenvalue weighted by Crippen LogP contribution is -2.28. The highest BCUT2D eigenvalue weighted by Crippen LogP contribution is 2.24. The highest BCUT2D eigenvalue weighted by Gasteiger charge is 2.20. The molecule has 0 unspecified atom stereocenters. The van der Waals surface area contributed by atoms with Gasteiger partial charge in [0.05, 0.1) is 23.4 Å². The minimum atomic E-state index is -0.189. The van der Waals surface area contributed by atoms with Gasteiger partial charge in [0.2, 0.25) is 5.91 Å². The molecule has 1 N–H and O–H groups in total. The van der Waals surface area contributed by atoms with Crippen LogP contribution in [0.15, 0.2) is 40.5 Å². The molecule has 0 atom stereocenters. The number of rotatable bonds is 9. The van der Waals surface area contributed by atoms with Gasteiger partial charge in [-0.2, -0.15) is 5.10 Å². The van der Waals surface area contributed by atoms with Crippen LogP contribution in [0.2, 0.25) is 0 Å². The second kappa shape index (κ2) is 10.3. The summed E-state index contributed by atoms with van der Waals surface area (Å²) in [6.45, 7) is 8.73. The Kier molecular flexibility index (Phi) is 7.26. The summed E-state index contributed by atoms with van der Waals surface area (Å²) < 4.78 is 3.45. The first-order valence-electron chi connectivity index (χ1n) is 11.9. The predicted octanol–water partition coefficient (Wildman–Crippen LogP) is 4.64. The molecule has 0 radical (unpaired) electrons. The summed E-state index contributed by atoms with van der Waals surface area (Å²) >= 11 is 1.38. The third-order valence-corrected chi connectivity index (χ3v) is 6.88. The Hall–Kier alpha value is -3.26. The number of carbonyl (C=O) groups is 1. The number of fused-ring (bicyclic) bond motifs is 1. The Labute approximate surface area is 203 Å². The highest BCUT2D eigenvalue weighted by molar-refractivity contribution is 7.15. The third-order valence-electron chi connectivity index (χ3n) is 6.01. The van der Waals surface area contributed by atoms with E-state index in [0.29, 0.717) is 34.2 Å². The van der Waals surface area contributed by atoms with E-state index in [0.717, 1.165) is 37.1 Å². The number of benzene rings is 1. The fraction of sp³-hybridized carbons (Fsp3) is 0.385. The fourth-order valence-corrected chi connectivity index (χ4v) is 5.14. The van der Waals surface area contributed by atoms with Crippen molar-refractivity contribution in [2.75, 3.05) is 6.54 Å². The summed E-state index contributed by atoms with van der Waals surface area (Å²) in [5.74, 6) is -0.0823. The van der Waals surface area contributed by atoms with E-state index in [9.17, 15) is 9.59 Å². The van der Waals surface area contributed by atoms with Crippen LogP contribution in [0.25, 0.3) is 21.9 Å². The summed E-state index contributed by atoms with van der Waals surface area (Å²) in [6, 6.07) is 10.1. The van der Waals surface area contributed by atoms with Crippen LogP contribution in [0.5, 0.6) is 0 Å². The van der Waals surface area contributed by atoms with E-state index in [2.05, 4.69) is 30.2 Å². The zero-order chi connectivity index (χ0) is 24.2. The smallest absolute Gasteiger partial charge is 0.268 e. The Morgan fingerprint density at radius 2 is 1.94 bits per heavy atom. The lowest BCUT2D eigenvalue weighted by atomic mass is 10.1. The molecule has 0 aliphatic heterocycles. The van der Waals surface area contributed by atoms with Crippen LogP contribution in [-0.4, -0.2) is 31.6 Å². The predicted molar refractivity (Wildman–Crippen MR) is 137 cm³/mol. The number of aryl methyl sites for hydroxylation is 3. The number of carbonyl (C=O) groups excluding carboxylic acids is 1. The molecule has 0 bridgehead atoms. The first-order valence-corrected chi connectivity index (χ1v) is 12.7. The van der Waals surface area contributed by atoms with Crippen LogP contribution in [0.3, 0.4) is 0 Å². The van der Waals surface area contributed by atoms with Crippen molar-refractivity contribution in [3.8, 4) is 16.9 Å². The zero-order valence-corrected chi connectivity index (χ0v) is 21.0. The van der Waals surface area contributed by atoms with E-state index in [1.807, 2.05) is 48.2 Å². The van der Waals surface area contributed by atoms with Crippen LogP contribution >= 0.6 is 11.3 Å². The Balaban J connectivity index is 1.71. The molecule has 4 aromatic rings. The molecule has 0 saturated heterocycles. The second-order valence-corrected chi connectivity index (χ2v) is 9.36. The number of hydrogen-bond donors (Lipinski definition) is 1. The van der Waals surface area contributed by atoms with E-state index < -0.39 is 0 Å². The molecule has 1 amide bonds. The van der Waals surface area contributed by atoms with E-state index in [-0.39, 0.29) is 17.9 Å². The van der Waals surface area contributed by atoms with Gasteiger partial charge in [0.1, 0.15) is 5.69 Å². The number of hydrogen-bond acceptors (Lipinski definition) is 5. The minimum absolute atomic E-state index is 0.0823. The minimum Gasteiger partial charge on any atom is -0.356 e. The molecule has 1 aromatic carbocycles. The second-order valence-electron chi connectivity index (χ2n) is 8.52. The van der Waals surface area contributed by atoms with Crippen molar-refractivity contribution in [3.63, 3.8) is 0 Å². The quantitative estimate of drug-likeness (QED) is 0.356. The van der Waals surface area contributed by atoms with Gasteiger partial charge >= 0.3 is 0 Å². The topological polar surface area (TPSA) is 81.3 Å². The van der Waals surface area contributed by atoms with Crippen LogP contribution in [0.4, 0.5) is 0 Å². The largest absolute Gasteiger partial charge is 0.356 e. The summed E-state index contributed by atoms with van der Waals surface area (Å²) in [4.78, 5) is 31.4. The maximum absolute atomic E-state index is 13.6. The van der Waals surface area contributed by atoms with Crippen LogP contribution in [0.1, 0.15) is 55.8 Å². The molecule has 4 rings (SSSR count). The molecule has 0 spiro atoms. The van der Waals surface area contributed by atoms with E-state index >= 15 is 0 Å². The molecule has 0 aliphatic carbocycles. The summed E-state index contributed by atoms with van der Waals surface area (Å²) in [6.07, 6.45) is 4.18. The number of amides is 1. The standard InChI is InChI=1S/C26H31N5O2S/c1-5-7-10-13-27-23(32)15-20-16-34-26-28-18(4)24(25(33)30(20)26)21-14-17(3)31(29-21)22-12-9-8-11-19(22)6-2/h8-9,11-12,14,16H,5-7,10,13,15H2,1-4H3,(H,27,32). The number of nitrogens with one attached hydrogen (secondary N) is 1. The number of unbranched alkanes of at least 4 members (excludes halogenated alkanes) is 2. The van der Waals surface area contributed by atoms with Crippen molar-refractivity contribution in [1.82, 2.24) is 24.5 Å². The number of aromatic nitrogens is 4. The van der Waals surface area contributed by atoms with Gasteiger partial charge in [-0.3, -0.25) is 14.0 Å². The Bertz CT molecular complexity index is 1380. The van der Waals surface area contributed by atoms with Crippen molar-refractivity contribution < 1.29 is 4.79 Å². The van der Waals surface area contributed by atoms with Gasteiger partial charge in [-0.05, 0) is 44.4 Å². The van der Waals surface area contributed by atoms with E-state index in [4.69, 9.17) is 5.10 Å². The number of nitrogens with zero attached hydrogens (tertiary/aromatic N) is 4. The lowest BCUT2D eigenvalue weighted by molar-refractivity contribution is -0.120. The molecule has 3 aromatic heterocycles. The molecule has 8 heteroatoms. The monoisotopic (exact) mass is 477 g/mol. The molecule has 34 heavy (non-hydrogen) atoms. The summed E-state index contributed by atoms with van der Waals surface area (Å²) in [5, 5.41) is 9.61. The van der Waals surface area contributed by atoms with Crippen molar-refractivity contribution in [3.05, 3.63) is 68.7 Å². The van der Waals surface area contributed by atoms with Crippen LogP contribution < -0.4 is 10.9 Å². The molecular formula is C26H31N5O2S. The average molecular weight is 478 g/mol. The average Bonchev–Trinajstić information content (AvgIpc) is 3.39. The molecule has 0 fully saturated rings. The molecule has 3 heterocycles. The van der Waals surface area contributed by atoms with Crippen LogP contribution in [0, 0.1) is 13.8 Å². The summed E-state index contributed by atoms with van der Waals surface area (Å²) in [5.41, 5.74) is 5.30. The summed E-state index contributed by atoms with van der Waals surface area (Å²) in [7, 11) is 0. The van der Waals surface area contributed by atoms with Gasteiger partial charge in [-0.1, -0.05) is 44.9 Å². The maximum Gasteiger partial charge on any atom is 0.268 e. The highest BCUT2D eigenvalue weighted by atomic mass is 32.1. The first-order chi connectivity index (χ1) is 16.4. The fourth-order valence-electron chi connectivity index (χ4n) is 4.21. The number of thiazole rings is 1. The SMILES string of the molecule is CCCCCNC(=O)Cc1csc2nc(C)c(-c3cc(C)n(-c4ccccc4CC)n3)c(=O)n12. The van der Waals surface area contributed by atoms with Gasteiger partial charge in [0, 0.05) is 23.3 Å². The molecule has 178 valence electrons. The van der Waals surface area contributed by atoms with Crippen molar-refractivity contribution in [2.24, 2.45) is 0 Å². The van der Waals surface area contributed by atoms with E-state index in [1.54, 1.807) is 4.40 Å². The van der Waals surface area contributed by atoms with Gasteiger partial charge < -0.3 is 5.32 Å². The number of para-hydroxylation sites is 1.